The normalized spacial score (nSPS) is 25.5. The van der Waals surface area contributed by atoms with E-state index in [2.05, 4.69) is 33.0 Å². The highest BCUT2D eigenvalue weighted by Gasteiger charge is 2.40. The number of likely N-dealkylation sites (tertiary alicyclic amines) is 1. The molecule has 0 bridgehead atoms. The Kier molecular flexibility index (Phi) is 3.50. The van der Waals surface area contributed by atoms with Crippen LogP contribution in [0.1, 0.15) is 24.5 Å². The van der Waals surface area contributed by atoms with Crippen molar-refractivity contribution >= 4 is 21.9 Å². The summed E-state index contributed by atoms with van der Waals surface area (Å²) >= 11 is 3.54. The molecule has 1 unspecified atom stereocenters. The summed E-state index contributed by atoms with van der Waals surface area (Å²) in [5.74, 6) is 0.299. The smallest absolute Gasteiger partial charge is 0.310 e. The van der Waals surface area contributed by atoms with Gasteiger partial charge < -0.3 is 9.84 Å². The van der Waals surface area contributed by atoms with Gasteiger partial charge in [-0.3, -0.25) is 9.69 Å². The van der Waals surface area contributed by atoms with E-state index in [9.17, 15) is 9.90 Å². The summed E-state index contributed by atoms with van der Waals surface area (Å²) in [7, 11) is 0. The number of fused-ring (bicyclic) bond motifs is 1. The van der Waals surface area contributed by atoms with Gasteiger partial charge in [0.2, 0.25) is 0 Å². The third kappa shape index (κ3) is 2.44. The van der Waals surface area contributed by atoms with E-state index in [1.165, 1.54) is 5.56 Å². The van der Waals surface area contributed by atoms with Gasteiger partial charge in [-0.05, 0) is 37.6 Å². The second-order valence-electron chi connectivity index (χ2n) is 5.98. The van der Waals surface area contributed by atoms with Crippen molar-refractivity contribution in [2.24, 2.45) is 5.41 Å². The number of ether oxygens (including phenoxy) is 1. The Morgan fingerprint density at radius 3 is 3.05 bits per heavy atom. The Bertz CT molecular complexity index is 560. The highest BCUT2D eigenvalue weighted by molar-refractivity contribution is 9.10. The molecule has 0 saturated carbocycles. The molecular weight excluding hydrogens is 322 g/mol. The molecule has 1 aromatic carbocycles. The van der Waals surface area contributed by atoms with E-state index in [0.29, 0.717) is 13.0 Å². The number of carboxylic acid groups (broad SMARTS) is 1. The van der Waals surface area contributed by atoms with Gasteiger partial charge in [0.1, 0.15) is 5.75 Å². The van der Waals surface area contributed by atoms with E-state index in [1.807, 2.05) is 6.92 Å². The molecule has 5 heteroatoms. The average molecular weight is 340 g/mol. The van der Waals surface area contributed by atoms with Gasteiger partial charge in [-0.25, -0.2) is 0 Å². The van der Waals surface area contributed by atoms with Gasteiger partial charge in [0.25, 0.3) is 0 Å². The molecule has 4 nitrogen and oxygen atoms in total. The number of nitrogens with zero attached hydrogens (tertiary/aromatic N) is 1. The van der Waals surface area contributed by atoms with Crippen molar-refractivity contribution in [2.75, 3.05) is 19.7 Å². The maximum absolute atomic E-state index is 11.3. The Morgan fingerprint density at radius 2 is 2.35 bits per heavy atom. The van der Waals surface area contributed by atoms with Crippen LogP contribution in [0.25, 0.3) is 0 Å². The van der Waals surface area contributed by atoms with Crippen LogP contribution >= 0.6 is 15.9 Å². The monoisotopic (exact) mass is 339 g/mol. The molecule has 0 radical (unpaired) electrons. The Balaban J connectivity index is 1.78. The lowest BCUT2D eigenvalue weighted by Gasteiger charge is -2.21. The van der Waals surface area contributed by atoms with E-state index in [-0.39, 0.29) is 0 Å². The predicted molar refractivity (Wildman–Crippen MR) is 79.0 cm³/mol. The predicted octanol–water partition coefficient (Wildman–Crippen LogP) is 2.68. The van der Waals surface area contributed by atoms with Gasteiger partial charge in [-0.1, -0.05) is 15.9 Å². The molecule has 1 saturated heterocycles. The number of carboxylic acids is 1. The number of rotatable bonds is 3. The van der Waals surface area contributed by atoms with Crippen LogP contribution in [0.5, 0.6) is 5.75 Å². The van der Waals surface area contributed by atoms with Crippen molar-refractivity contribution in [3.05, 3.63) is 27.7 Å². The fourth-order valence-corrected chi connectivity index (χ4v) is 3.62. The minimum absolute atomic E-state index is 0.601. The quantitative estimate of drug-likeness (QED) is 0.919. The average Bonchev–Trinajstić information content (AvgIpc) is 2.97. The topological polar surface area (TPSA) is 49.8 Å². The second kappa shape index (κ2) is 5.04. The fourth-order valence-electron chi connectivity index (χ4n) is 3.07. The van der Waals surface area contributed by atoms with Gasteiger partial charge in [0.05, 0.1) is 12.0 Å². The lowest BCUT2D eigenvalue weighted by Crippen LogP contribution is -2.31. The molecule has 2 heterocycles. The van der Waals surface area contributed by atoms with Crippen LogP contribution in [0.4, 0.5) is 0 Å². The summed E-state index contributed by atoms with van der Waals surface area (Å²) in [4.78, 5) is 13.5. The molecule has 0 spiro atoms. The third-order valence-electron chi connectivity index (χ3n) is 4.29. The third-order valence-corrected chi connectivity index (χ3v) is 4.75. The van der Waals surface area contributed by atoms with E-state index in [0.717, 1.165) is 41.9 Å². The first-order valence-electron chi connectivity index (χ1n) is 6.88. The lowest BCUT2D eigenvalue weighted by atomic mass is 9.90. The number of benzene rings is 1. The summed E-state index contributed by atoms with van der Waals surface area (Å²) in [6.45, 7) is 4.75. The minimum Gasteiger partial charge on any atom is -0.493 e. The van der Waals surface area contributed by atoms with Crippen molar-refractivity contribution in [3.8, 4) is 5.75 Å². The molecular formula is C15H18BrNO3. The Labute approximate surface area is 126 Å². The van der Waals surface area contributed by atoms with Crippen LogP contribution in [0.15, 0.2) is 16.6 Å². The number of hydrogen-bond donors (Lipinski definition) is 1. The van der Waals surface area contributed by atoms with Gasteiger partial charge in [0, 0.05) is 29.5 Å². The molecule has 1 aromatic rings. The zero-order valence-corrected chi connectivity index (χ0v) is 13.1. The number of halogens is 1. The molecule has 1 atom stereocenters. The van der Waals surface area contributed by atoms with E-state index in [1.54, 1.807) is 0 Å². The maximum atomic E-state index is 11.3. The standard InChI is InChI=1S/C15H18BrNO3/c1-15(14(18)19)3-4-17(9-15)8-11-7-12(16)6-10-2-5-20-13(10)11/h6-7H,2-5,8-9H2,1H3,(H,18,19). The van der Waals surface area contributed by atoms with Crippen molar-refractivity contribution in [2.45, 2.75) is 26.3 Å². The van der Waals surface area contributed by atoms with Crippen LogP contribution in [0, 0.1) is 5.41 Å². The molecule has 2 aliphatic heterocycles. The molecule has 1 fully saturated rings. The molecule has 0 aromatic heterocycles. The summed E-state index contributed by atoms with van der Waals surface area (Å²) in [5.41, 5.74) is 1.78. The van der Waals surface area contributed by atoms with Crippen LogP contribution in [-0.4, -0.2) is 35.7 Å². The van der Waals surface area contributed by atoms with Crippen molar-refractivity contribution < 1.29 is 14.6 Å². The highest BCUT2D eigenvalue weighted by Crippen LogP contribution is 2.36. The van der Waals surface area contributed by atoms with Crippen molar-refractivity contribution in [1.29, 1.82) is 0 Å². The van der Waals surface area contributed by atoms with E-state index in [4.69, 9.17) is 4.74 Å². The molecule has 0 amide bonds. The summed E-state index contributed by atoms with van der Waals surface area (Å²) in [5, 5.41) is 9.30. The molecule has 2 aliphatic rings. The molecule has 1 N–H and O–H groups in total. The van der Waals surface area contributed by atoms with E-state index < -0.39 is 11.4 Å². The zero-order valence-electron chi connectivity index (χ0n) is 11.5. The Morgan fingerprint density at radius 1 is 1.55 bits per heavy atom. The highest BCUT2D eigenvalue weighted by atomic mass is 79.9. The van der Waals surface area contributed by atoms with E-state index >= 15 is 0 Å². The Hall–Kier alpha value is -1.07. The fraction of sp³-hybridized carbons (Fsp3) is 0.533. The van der Waals surface area contributed by atoms with Gasteiger partial charge in [0.15, 0.2) is 0 Å². The number of carbonyl (C=O) groups is 1. The first kappa shape index (κ1) is 13.9. The first-order chi connectivity index (χ1) is 9.48. The molecule has 108 valence electrons. The van der Waals surface area contributed by atoms with Crippen molar-refractivity contribution in [3.63, 3.8) is 0 Å². The first-order valence-corrected chi connectivity index (χ1v) is 7.67. The van der Waals surface area contributed by atoms with Gasteiger partial charge in [-0.15, -0.1) is 0 Å². The summed E-state index contributed by atoms with van der Waals surface area (Å²) in [6, 6.07) is 4.19. The summed E-state index contributed by atoms with van der Waals surface area (Å²) in [6.07, 6.45) is 1.66. The number of aliphatic carboxylic acids is 1. The zero-order chi connectivity index (χ0) is 14.3. The van der Waals surface area contributed by atoms with Crippen LogP contribution in [0.3, 0.4) is 0 Å². The molecule has 3 rings (SSSR count). The maximum Gasteiger partial charge on any atom is 0.310 e. The molecule has 0 aliphatic carbocycles. The van der Waals surface area contributed by atoms with Gasteiger partial charge in [-0.2, -0.15) is 0 Å². The number of hydrogen-bond acceptors (Lipinski definition) is 3. The van der Waals surface area contributed by atoms with Crippen molar-refractivity contribution in [1.82, 2.24) is 4.90 Å². The summed E-state index contributed by atoms with van der Waals surface area (Å²) < 4.78 is 6.80. The lowest BCUT2D eigenvalue weighted by molar-refractivity contribution is -0.147. The SMILES string of the molecule is CC1(C(=O)O)CCN(Cc2cc(Br)cc3c2OCC3)C1. The second-order valence-corrected chi connectivity index (χ2v) is 6.89. The van der Waals surface area contributed by atoms with Crippen LogP contribution in [0.2, 0.25) is 0 Å². The minimum atomic E-state index is -0.698. The van der Waals surface area contributed by atoms with Crippen LogP contribution < -0.4 is 4.74 Å². The van der Waals surface area contributed by atoms with Crippen LogP contribution in [-0.2, 0) is 17.8 Å². The van der Waals surface area contributed by atoms with Gasteiger partial charge >= 0.3 is 5.97 Å². The largest absolute Gasteiger partial charge is 0.493 e. The molecule has 20 heavy (non-hydrogen) atoms.